The predicted octanol–water partition coefficient (Wildman–Crippen LogP) is 5.71. The zero-order valence-corrected chi connectivity index (χ0v) is 16.6. The van der Waals surface area contributed by atoms with Crippen LogP contribution in [0, 0.1) is 0 Å². The molecule has 1 N–H and O–H groups in total. The highest BCUT2D eigenvalue weighted by molar-refractivity contribution is 6.31. The number of hydrogen-bond donors (Lipinski definition) is 1. The molecule has 29 heavy (non-hydrogen) atoms. The zero-order chi connectivity index (χ0) is 20.4. The van der Waals surface area contributed by atoms with Crippen molar-refractivity contribution in [1.29, 1.82) is 0 Å². The molecule has 0 unspecified atom stereocenters. The molecule has 4 aromatic rings. The number of phenolic OH excluding ortho intramolecular Hbond substituents is 1. The van der Waals surface area contributed by atoms with Gasteiger partial charge in [-0.3, -0.25) is 0 Å². The van der Waals surface area contributed by atoms with Crippen LogP contribution in [0.4, 0.5) is 5.69 Å². The van der Waals surface area contributed by atoms with E-state index in [1.54, 1.807) is 50.6 Å². The summed E-state index contributed by atoms with van der Waals surface area (Å²) in [7, 11) is 3.17. The van der Waals surface area contributed by atoms with E-state index in [4.69, 9.17) is 25.5 Å². The van der Waals surface area contributed by atoms with E-state index >= 15 is 0 Å². The molecule has 0 aliphatic rings. The van der Waals surface area contributed by atoms with E-state index in [-0.39, 0.29) is 5.75 Å². The summed E-state index contributed by atoms with van der Waals surface area (Å²) in [5, 5.41) is 12.1. The summed E-state index contributed by atoms with van der Waals surface area (Å²) in [6.45, 7) is 0. The molecule has 0 bridgehead atoms. The molecule has 0 atom stereocenters. The molecule has 4 rings (SSSR count). The Labute approximate surface area is 172 Å². The number of aromatic hydroxyl groups is 1. The highest BCUT2D eigenvalue weighted by atomic mass is 35.5. The highest BCUT2D eigenvalue weighted by Crippen LogP contribution is 2.33. The van der Waals surface area contributed by atoms with Gasteiger partial charge >= 0.3 is 0 Å². The second-order valence-electron chi connectivity index (χ2n) is 6.31. The molecule has 3 aromatic carbocycles. The first kappa shape index (κ1) is 18.9. The predicted molar refractivity (Wildman–Crippen MR) is 113 cm³/mol. The van der Waals surface area contributed by atoms with Gasteiger partial charge in [0.1, 0.15) is 22.8 Å². The molecule has 0 spiro atoms. The van der Waals surface area contributed by atoms with Crippen molar-refractivity contribution in [2.45, 2.75) is 0 Å². The number of methoxy groups -OCH3 is 2. The number of halogens is 1. The van der Waals surface area contributed by atoms with E-state index in [1.807, 2.05) is 30.3 Å². The maximum Gasteiger partial charge on any atom is 0.161 e. The fourth-order valence-electron chi connectivity index (χ4n) is 3.05. The van der Waals surface area contributed by atoms with Crippen molar-refractivity contribution in [3.63, 3.8) is 0 Å². The van der Waals surface area contributed by atoms with Crippen LogP contribution in [0.3, 0.4) is 0 Å². The van der Waals surface area contributed by atoms with Gasteiger partial charge in [0.2, 0.25) is 0 Å². The van der Waals surface area contributed by atoms with Gasteiger partial charge in [-0.25, -0.2) is 4.99 Å². The minimum absolute atomic E-state index is 0.0936. The number of phenols is 1. The van der Waals surface area contributed by atoms with Gasteiger partial charge in [-0.05, 0) is 48.5 Å². The summed E-state index contributed by atoms with van der Waals surface area (Å²) in [6, 6.07) is 19.6. The second kappa shape index (κ2) is 7.89. The van der Waals surface area contributed by atoms with Crippen LogP contribution < -0.4 is 14.8 Å². The van der Waals surface area contributed by atoms with Crippen molar-refractivity contribution >= 4 is 28.3 Å². The molecule has 146 valence electrons. The molecular formula is C23H18ClNO4. The van der Waals surface area contributed by atoms with E-state index in [2.05, 4.69) is 4.99 Å². The van der Waals surface area contributed by atoms with Gasteiger partial charge in [0, 0.05) is 22.0 Å². The summed E-state index contributed by atoms with van der Waals surface area (Å²) >= 11 is 6.19. The Morgan fingerprint density at radius 3 is 2.45 bits per heavy atom. The third-order valence-corrected chi connectivity index (χ3v) is 4.73. The normalized spacial score (nSPS) is 11.6. The van der Waals surface area contributed by atoms with Gasteiger partial charge in [0.15, 0.2) is 11.5 Å². The Kier molecular flexibility index (Phi) is 5.14. The molecule has 1 heterocycles. The number of ether oxygens (including phenoxy) is 2. The van der Waals surface area contributed by atoms with Crippen molar-refractivity contribution in [2.75, 3.05) is 14.2 Å². The fourth-order valence-corrected chi connectivity index (χ4v) is 3.23. The summed E-state index contributed by atoms with van der Waals surface area (Å²) in [5.74, 6) is 1.91. The third kappa shape index (κ3) is 3.77. The van der Waals surface area contributed by atoms with E-state index in [1.165, 1.54) is 0 Å². The van der Waals surface area contributed by atoms with Crippen molar-refractivity contribution < 1.29 is 19.0 Å². The summed E-state index contributed by atoms with van der Waals surface area (Å²) in [6.07, 6.45) is 0. The average molecular weight is 408 g/mol. The molecule has 0 amide bonds. The van der Waals surface area contributed by atoms with Crippen molar-refractivity contribution in [1.82, 2.24) is 0 Å². The Bertz CT molecular complexity index is 1260. The molecule has 0 radical (unpaired) electrons. The molecule has 1 aromatic heterocycles. The Morgan fingerprint density at radius 1 is 0.897 bits per heavy atom. The molecule has 0 aliphatic heterocycles. The van der Waals surface area contributed by atoms with E-state index in [0.717, 1.165) is 10.9 Å². The first-order chi connectivity index (χ1) is 14.1. The quantitative estimate of drug-likeness (QED) is 0.470. The molecule has 0 aliphatic carbocycles. The van der Waals surface area contributed by atoms with Crippen LogP contribution >= 0.6 is 11.6 Å². The summed E-state index contributed by atoms with van der Waals surface area (Å²) in [4.78, 5) is 4.65. The number of benzene rings is 3. The maximum atomic E-state index is 10.1. The lowest BCUT2D eigenvalue weighted by Crippen LogP contribution is -2.03. The van der Waals surface area contributed by atoms with E-state index < -0.39 is 0 Å². The topological polar surface area (TPSA) is 64.2 Å². The number of rotatable bonds is 4. The molecule has 6 heteroatoms. The zero-order valence-electron chi connectivity index (χ0n) is 15.8. The first-order valence-electron chi connectivity index (χ1n) is 8.87. The lowest BCUT2D eigenvalue weighted by molar-refractivity contribution is 0.355. The van der Waals surface area contributed by atoms with Crippen molar-refractivity contribution in [2.24, 2.45) is 4.99 Å². The number of fused-ring (bicyclic) bond motifs is 1. The van der Waals surface area contributed by atoms with Crippen LogP contribution in [0.15, 0.2) is 76.1 Å². The SMILES string of the molecule is COc1ccc(-c2cc(=Nc3ccccc3O)c3cc(Cl)ccc3o2)cc1OC. The van der Waals surface area contributed by atoms with Crippen LogP contribution in [-0.4, -0.2) is 19.3 Å². The Morgan fingerprint density at radius 2 is 1.69 bits per heavy atom. The van der Waals surface area contributed by atoms with Crippen LogP contribution in [0.5, 0.6) is 17.2 Å². The Hall–Kier alpha value is -3.44. The third-order valence-electron chi connectivity index (χ3n) is 4.50. The second-order valence-corrected chi connectivity index (χ2v) is 6.74. The molecule has 0 saturated carbocycles. The molecule has 0 fully saturated rings. The molecule has 0 saturated heterocycles. The van der Waals surface area contributed by atoms with Gasteiger partial charge < -0.3 is 19.0 Å². The largest absolute Gasteiger partial charge is 0.506 e. The summed E-state index contributed by atoms with van der Waals surface area (Å²) in [5.41, 5.74) is 1.88. The summed E-state index contributed by atoms with van der Waals surface area (Å²) < 4.78 is 16.8. The fraction of sp³-hybridized carbons (Fsp3) is 0.0870. The van der Waals surface area contributed by atoms with Gasteiger partial charge in [-0.2, -0.15) is 0 Å². The lowest BCUT2D eigenvalue weighted by atomic mass is 10.1. The van der Waals surface area contributed by atoms with Crippen LogP contribution in [0.2, 0.25) is 5.02 Å². The Balaban J connectivity index is 1.98. The first-order valence-corrected chi connectivity index (χ1v) is 9.25. The lowest BCUT2D eigenvalue weighted by Gasteiger charge is -2.10. The molecular weight excluding hydrogens is 390 g/mol. The molecule has 5 nitrogen and oxygen atoms in total. The average Bonchev–Trinajstić information content (AvgIpc) is 2.75. The van der Waals surface area contributed by atoms with Crippen molar-refractivity contribution in [3.05, 3.63) is 77.1 Å². The smallest absolute Gasteiger partial charge is 0.161 e. The van der Waals surface area contributed by atoms with Gasteiger partial charge in [-0.15, -0.1) is 0 Å². The van der Waals surface area contributed by atoms with Gasteiger partial charge in [-0.1, -0.05) is 23.7 Å². The number of hydrogen-bond acceptors (Lipinski definition) is 5. The van der Waals surface area contributed by atoms with Crippen LogP contribution in [-0.2, 0) is 0 Å². The van der Waals surface area contributed by atoms with Gasteiger partial charge in [0.05, 0.1) is 19.6 Å². The van der Waals surface area contributed by atoms with E-state index in [0.29, 0.717) is 38.9 Å². The number of nitrogens with zero attached hydrogens (tertiary/aromatic N) is 1. The van der Waals surface area contributed by atoms with Gasteiger partial charge in [0.25, 0.3) is 0 Å². The maximum absolute atomic E-state index is 10.1. The minimum atomic E-state index is 0.0936. The number of para-hydroxylation sites is 2. The minimum Gasteiger partial charge on any atom is -0.506 e. The standard InChI is InChI=1S/C23H18ClNO4/c1-27-21-9-7-14(11-23(21)28-2)22-13-18(25-17-5-3-4-6-19(17)26)16-12-15(24)8-10-20(16)29-22/h3-13,26H,1-2H3. The van der Waals surface area contributed by atoms with Crippen LogP contribution in [0.25, 0.3) is 22.3 Å². The van der Waals surface area contributed by atoms with Crippen LogP contribution in [0.1, 0.15) is 0 Å². The van der Waals surface area contributed by atoms with Crippen molar-refractivity contribution in [3.8, 4) is 28.6 Å². The monoisotopic (exact) mass is 407 g/mol. The van der Waals surface area contributed by atoms with E-state index in [9.17, 15) is 5.11 Å². The highest BCUT2D eigenvalue weighted by Gasteiger charge is 2.11.